The molecular weight excluding hydrogens is 349 g/mol. The summed E-state index contributed by atoms with van der Waals surface area (Å²) in [6.45, 7) is 2.58. The van der Waals surface area contributed by atoms with Gasteiger partial charge in [0.1, 0.15) is 18.2 Å². The first-order chi connectivity index (χ1) is 13.1. The zero-order valence-electron chi connectivity index (χ0n) is 15.1. The number of hydrogen-bond acceptors (Lipinski definition) is 4. The minimum absolute atomic E-state index is 0.128. The number of hydrazone groups is 1. The maximum absolute atomic E-state index is 13.5. The first-order valence-electron chi connectivity index (χ1n) is 8.67. The summed E-state index contributed by atoms with van der Waals surface area (Å²) in [6, 6.07) is 13.3. The molecule has 0 aliphatic rings. The summed E-state index contributed by atoms with van der Waals surface area (Å²) in [5, 5.41) is 6.25. The Morgan fingerprint density at radius 3 is 2.56 bits per heavy atom. The van der Waals surface area contributed by atoms with Gasteiger partial charge in [0.25, 0.3) is 0 Å². The minimum atomic E-state index is -0.813. The number of ether oxygens (including phenoxy) is 1. The first kappa shape index (κ1) is 20.1. The predicted molar refractivity (Wildman–Crippen MR) is 101 cm³/mol. The van der Waals surface area contributed by atoms with Crippen LogP contribution < -0.4 is 15.5 Å². The van der Waals surface area contributed by atoms with Crippen LogP contribution in [0, 0.1) is 5.82 Å². The first-order valence-corrected chi connectivity index (χ1v) is 8.67. The fourth-order valence-electron chi connectivity index (χ4n) is 2.10. The molecule has 0 unspecified atom stereocenters. The third-order valence-corrected chi connectivity index (χ3v) is 3.63. The molecule has 142 valence electrons. The van der Waals surface area contributed by atoms with Gasteiger partial charge in [-0.2, -0.15) is 5.10 Å². The van der Waals surface area contributed by atoms with Gasteiger partial charge in [0.05, 0.1) is 6.21 Å². The quantitative estimate of drug-likeness (QED) is 0.324. The van der Waals surface area contributed by atoms with Gasteiger partial charge >= 0.3 is 11.8 Å². The van der Waals surface area contributed by atoms with E-state index in [0.29, 0.717) is 23.4 Å². The minimum Gasteiger partial charge on any atom is -0.489 e. The third kappa shape index (κ3) is 6.89. The number of nitrogens with one attached hydrogen (secondary N) is 2. The molecule has 0 radical (unpaired) electrons. The van der Waals surface area contributed by atoms with Crippen LogP contribution >= 0.6 is 0 Å². The van der Waals surface area contributed by atoms with Crippen LogP contribution in [0.3, 0.4) is 0 Å². The molecule has 7 heteroatoms. The Hall–Kier alpha value is -3.22. The van der Waals surface area contributed by atoms with E-state index in [2.05, 4.69) is 15.8 Å². The lowest BCUT2D eigenvalue weighted by Gasteiger charge is -2.07. The van der Waals surface area contributed by atoms with E-state index in [4.69, 9.17) is 4.74 Å². The van der Waals surface area contributed by atoms with Crippen molar-refractivity contribution in [2.24, 2.45) is 5.10 Å². The van der Waals surface area contributed by atoms with Crippen molar-refractivity contribution < 1.29 is 18.7 Å². The Balaban J connectivity index is 1.79. The van der Waals surface area contributed by atoms with Crippen molar-refractivity contribution in [2.75, 3.05) is 6.54 Å². The molecule has 2 aromatic rings. The summed E-state index contributed by atoms with van der Waals surface area (Å²) >= 11 is 0. The fourth-order valence-corrected chi connectivity index (χ4v) is 2.10. The predicted octanol–water partition coefficient (Wildman–Crippen LogP) is 2.77. The van der Waals surface area contributed by atoms with Crippen molar-refractivity contribution in [3.05, 3.63) is 65.5 Å². The average molecular weight is 371 g/mol. The van der Waals surface area contributed by atoms with Gasteiger partial charge in [-0.1, -0.05) is 31.5 Å². The molecule has 2 aromatic carbocycles. The van der Waals surface area contributed by atoms with E-state index in [-0.39, 0.29) is 12.4 Å². The Labute approximate surface area is 157 Å². The van der Waals surface area contributed by atoms with Gasteiger partial charge in [-0.15, -0.1) is 0 Å². The second-order valence-corrected chi connectivity index (χ2v) is 5.76. The van der Waals surface area contributed by atoms with Crippen LogP contribution in [0.15, 0.2) is 53.6 Å². The van der Waals surface area contributed by atoms with Gasteiger partial charge in [0, 0.05) is 12.1 Å². The third-order valence-electron chi connectivity index (χ3n) is 3.63. The summed E-state index contributed by atoms with van der Waals surface area (Å²) in [4.78, 5) is 23.0. The number of hydrogen-bond donors (Lipinski definition) is 2. The van der Waals surface area contributed by atoms with Gasteiger partial charge in [-0.3, -0.25) is 9.59 Å². The van der Waals surface area contributed by atoms with Crippen LogP contribution in [0.25, 0.3) is 0 Å². The van der Waals surface area contributed by atoms with E-state index >= 15 is 0 Å². The smallest absolute Gasteiger partial charge is 0.329 e. The Kier molecular flexibility index (Phi) is 7.96. The Morgan fingerprint density at radius 1 is 1.11 bits per heavy atom. The van der Waals surface area contributed by atoms with E-state index in [9.17, 15) is 14.0 Å². The van der Waals surface area contributed by atoms with Crippen molar-refractivity contribution >= 4 is 18.0 Å². The normalized spacial score (nSPS) is 10.6. The van der Waals surface area contributed by atoms with Crippen molar-refractivity contribution in [2.45, 2.75) is 26.4 Å². The van der Waals surface area contributed by atoms with Gasteiger partial charge < -0.3 is 10.1 Å². The largest absolute Gasteiger partial charge is 0.489 e. The average Bonchev–Trinajstić information content (AvgIpc) is 2.68. The second-order valence-electron chi connectivity index (χ2n) is 5.76. The molecule has 0 bridgehead atoms. The van der Waals surface area contributed by atoms with Crippen molar-refractivity contribution in [3.8, 4) is 5.75 Å². The lowest BCUT2D eigenvalue weighted by atomic mass is 10.2. The van der Waals surface area contributed by atoms with Crippen LogP contribution in [0.1, 0.15) is 30.9 Å². The Morgan fingerprint density at radius 2 is 1.85 bits per heavy atom. The highest BCUT2D eigenvalue weighted by Crippen LogP contribution is 2.15. The SMILES string of the molecule is CCCCNC(=O)C(=O)N/N=C\c1ccc(OCc2ccccc2F)cc1. The summed E-state index contributed by atoms with van der Waals surface area (Å²) in [6.07, 6.45) is 3.16. The molecule has 2 amide bonds. The van der Waals surface area contributed by atoms with E-state index in [1.54, 1.807) is 42.5 Å². The van der Waals surface area contributed by atoms with E-state index < -0.39 is 11.8 Å². The standard InChI is InChI=1S/C20H22FN3O3/c1-2-3-12-22-19(25)20(26)24-23-13-15-8-10-17(11-9-15)27-14-16-6-4-5-7-18(16)21/h4-11,13H,2-3,12,14H2,1H3,(H,22,25)(H,24,26)/b23-13-. The number of benzene rings is 2. The van der Waals surface area contributed by atoms with Crippen LogP contribution in [0.2, 0.25) is 0 Å². The molecular formula is C20H22FN3O3. The van der Waals surface area contributed by atoms with Gasteiger partial charge in [0.15, 0.2) is 0 Å². The van der Waals surface area contributed by atoms with Crippen molar-refractivity contribution in [1.82, 2.24) is 10.7 Å². The highest BCUT2D eigenvalue weighted by Gasteiger charge is 2.10. The van der Waals surface area contributed by atoms with Crippen LogP contribution in [-0.4, -0.2) is 24.6 Å². The molecule has 2 N–H and O–H groups in total. The highest BCUT2D eigenvalue weighted by atomic mass is 19.1. The Bertz CT molecular complexity index is 791. The number of carbonyl (C=O) groups excluding carboxylic acids is 2. The second kappa shape index (κ2) is 10.7. The lowest BCUT2D eigenvalue weighted by Crippen LogP contribution is -2.38. The number of amides is 2. The van der Waals surface area contributed by atoms with Crippen molar-refractivity contribution in [1.29, 1.82) is 0 Å². The van der Waals surface area contributed by atoms with E-state index in [1.807, 2.05) is 6.92 Å². The van der Waals surface area contributed by atoms with Crippen molar-refractivity contribution in [3.63, 3.8) is 0 Å². The molecule has 0 saturated carbocycles. The molecule has 0 spiro atoms. The van der Waals surface area contributed by atoms with Crippen LogP contribution in [0.4, 0.5) is 4.39 Å². The van der Waals surface area contributed by atoms with Crippen LogP contribution in [0.5, 0.6) is 5.75 Å². The van der Waals surface area contributed by atoms with Gasteiger partial charge in [-0.05, 0) is 42.3 Å². The fraction of sp³-hybridized carbons (Fsp3) is 0.250. The molecule has 0 aliphatic heterocycles. The molecule has 0 aliphatic carbocycles. The topological polar surface area (TPSA) is 79.8 Å². The summed E-state index contributed by atoms with van der Waals surface area (Å²) in [5.74, 6) is -1.25. The van der Waals surface area contributed by atoms with Gasteiger partial charge in [0.2, 0.25) is 0 Å². The molecule has 2 rings (SSSR count). The number of carbonyl (C=O) groups is 2. The monoisotopic (exact) mass is 371 g/mol. The zero-order chi connectivity index (χ0) is 19.5. The maximum atomic E-state index is 13.5. The number of rotatable bonds is 8. The molecule has 0 atom stereocenters. The molecule has 6 nitrogen and oxygen atoms in total. The summed E-state index contributed by atoms with van der Waals surface area (Å²) in [7, 11) is 0. The summed E-state index contributed by atoms with van der Waals surface area (Å²) in [5.41, 5.74) is 3.35. The zero-order valence-corrected chi connectivity index (χ0v) is 15.1. The molecule has 0 aromatic heterocycles. The number of nitrogens with zero attached hydrogens (tertiary/aromatic N) is 1. The molecule has 0 saturated heterocycles. The van der Waals surface area contributed by atoms with Gasteiger partial charge in [-0.25, -0.2) is 9.82 Å². The molecule has 0 fully saturated rings. The van der Waals surface area contributed by atoms with E-state index in [1.165, 1.54) is 12.3 Å². The number of unbranched alkanes of at least 4 members (excludes halogenated alkanes) is 1. The number of halogens is 1. The molecule has 27 heavy (non-hydrogen) atoms. The lowest BCUT2D eigenvalue weighted by molar-refractivity contribution is -0.139. The molecule has 0 heterocycles. The highest BCUT2D eigenvalue weighted by molar-refractivity contribution is 6.35. The van der Waals surface area contributed by atoms with E-state index in [0.717, 1.165) is 12.8 Å². The summed E-state index contributed by atoms with van der Waals surface area (Å²) < 4.78 is 19.1. The maximum Gasteiger partial charge on any atom is 0.329 e. The van der Waals surface area contributed by atoms with Crippen LogP contribution in [-0.2, 0) is 16.2 Å².